The number of pyridine rings is 1. The zero-order valence-corrected chi connectivity index (χ0v) is 13.0. The number of nitrogens with one attached hydrogen (secondary N) is 2. The summed E-state index contributed by atoms with van der Waals surface area (Å²) in [5, 5.41) is 5.70. The third-order valence-electron chi connectivity index (χ3n) is 3.40. The lowest BCUT2D eigenvalue weighted by Gasteiger charge is -2.13. The number of hydrogen-bond donors (Lipinski definition) is 2. The van der Waals surface area contributed by atoms with Gasteiger partial charge in [-0.25, -0.2) is 9.97 Å². The Morgan fingerprint density at radius 3 is 2.71 bits per heavy atom. The highest BCUT2D eigenvalue weighted by atomic mass is 19.4. The maximum Gasteiger partial charge on any atom is 0.417 e. The lowest BCUT2D eigenvalue weighted by atomic mass is 10.3. The molecule has 0 aliphatic rings. The largest absolute Gasteiger partial charge is 0.417 e. The Balaban J connectivity index is 1.67. The van der Waals surface area contributed by atoms with Gasteiger partial charge in [-0.05, 0) is 25.5 Å². The molecule has 2 aromatic heterocycles. The van der Waals surface area contributed by atoms with Crippen molar-refractivity contribution < 1.29 is 18.0 Å². The van der Waals surface area contributed by atoms with Crippen LogP contribution in [0.5, 0.6) is 0 Å². The molecular formula is C15H18F3N5O. The number of aromatic nitrogens is 3. The zero-order valence-electron chi connectivity index (χ0n) is 13.0. The third kappa shape index (κ3) is 4.97. The molecule has 0 aliphatic heterocycles. The second-order valence-corrected chi connectivity index (χ2v) is 5.19. The first-order valence-corrected chi connectivity index (χ1v) is 7.40. The van der Waals surface area contributed by atoms with Crippen molar-refractivity contribution in [3.8, 4) is 0 Å². The molecule has 6 nitrogen and oxygen atoms in total. The van der Waals surface area contributed by atoms with Crippen LogP contribution in [0.25, 0.3) is 0 Å². The van der Waals surface area contributed by atoms with Gasteiger partial charge in [-0.15, -0.1) is 0 Å². The van der Waals surface area contributed by atoms with Crippen LogP contribution in [0.15, 0.2) is 37.1 Å². The molecule has 0 bridgehead atoms. The Kier molecular flexibility index (Phi) is 5.78. The molecule has 2 rings (SSSR count). The van der Waals surface area contributed by atoms with Crippen LogP contribution in [0.3, 0.4) is 0 Å². The fourth-order valence-electron chi connectivity index (χ4n) is 1.96. The van der Waals surface area contributed by atoms with E-state index in [2.05, 4.69) is 20.6 Å². The van der Waals surface area contributed by atoms with Gasteiger partial charge >= 0.3 is 6.18 Å². The third-order valence-corrected chi connectivity index (χ3v) is 3.40. The lowest BCUT2D eigenvalue weighted by molar-refractivity contribution is -0.137. The normalized spacial score (nSPS) is 12.7. The molecule has 1 amide bonds. The number of carbonyl (C=O) groups excluding carboxylic acids is 1. The number of amides is 1. The summed E-state index contributed by atoms with van der Waals surface area (Å²) in [7, 11) is 0. The maximum atomic E-state index is 12.4. The SMILES string of the molecule is CC(C(=O)NCCCNc1ccc(C(F)(F)F)cn1)n1ccnc1. The quantitative estimate of drug-likeness (QED) is 0.759. The van der Waals surface area contributed by atoms with Crippen molar-refractivity contribution in [1.29, 1.82) is 0 Å². The minimum Gasteiger partial charge on any atom is -0.370 e. The van der Waals surface area contributed by atoms with Gasteiger partial charge in [-0.1, -0.05) is 0 Å². The molecule has 0 aliphatic carbocycles. The first-order valence-electron chi connectivity index (χ1n) is 7.40. The number of hydrogen-bond acceptors (Lipinski definition) is 4. The van der Waals surface area contributed by atoms with Gasteiger partial charge in [0, 0.05) is 31.7 Å². The van der Waals surface area contributed by atoms with Gasteiger partial charge in [0.15, 0.2) is 0 Å². The standard InChI is InChI=1S/C15H18F3N5O/c1-11(23-8-7-19-10-23)14(24)21-6-2-5-20-13-4-3-12(9-22-13)15(16,17)18/h3-4,7-11H,2,5-6H2,1H3,(H,20,22)(H,21,24). The predicted molar refractivity (Wildman–Crippen MR) is 82.3 cm³/mol. The Morgan fingerprint density at radius 1 is 1.33 bits per heavy atom. The van der Waals surface area contributed by atoms with Crippen LogP contribution in [0.2, 0.25) is 0 Å². The number of imidazole rings is 1. The number of anilines is 1. The number of rotatable bonds is 7. The second-order valence-electron chi connectivity index (χ2n) is 5.19. The van der Waals surface area contributed by atoms with Gasteiger partial charge in [0.05, 0.1) is 11.9 Å². The number of carbonyl (C=O) groups is 1. The molecule has 1 unspecified atom stereocenters. The molecule has 0 saturated heterocycles. The monoisotopic (exact) mass is 341 g/mol. The summed E-state index contributed by atoms with van der Waals surface area (Å²) in [6.07, 6.45) is 1.90. The summed E-state index contributed by atoms with van der Waals surface area (Å²) < 4.78 is 38.9. The average molecular weight is 341 g/mol. The van der Waals surface area contributed by atoms with Crippen molar-refractivity contribution >= 4 is 11.7 Å². The Morgan fingerprint density at radius 2 is 2.12 bits per heavy atom. The summed E-state index contributed by atoms with van der Waals surface area (Å²) in [4.78, 5) is 19.5. The van der Waals surface area contributed by atoms with E-state index in [1.807, 2.05) is 0 Å². The van der Waals surface area contributed by atoms with Crippen molar-refractivity contribution in [1.82, 2.24) is 19.9 Å². The molecule has 0 radical (unpaired) electrons. The van der Waals surface area contributed by atoms with Gasteiger partial charge in [-0.2, -0.15) is 13.2 Å². The van der Waals surface area contributed by atoms with E-state index in [1.165, 1.54) is 6.07 Å². The lowest BCUT2D eigenvalue weighted by Crippen LogP contribution is -2.32. The molecule has 1 atom stereocenters. The molecule has 24 heavy (non-hydrogen) atoms. The van der Waals surface area contributed by atoms with E-state index in [4.69, 9.17) is 0 Å². The summed E-state index contributed by atoms with van der Waals surface area (Å²) in [6, 6.07) is 1.91. The van der Waals surface area contributed by atoms with Crippen LogP contribution in [-0.4, -0.2) is 33.5 Å². The highest BCUT2D eigenvalue weighted by molar-refractivity contribution is 5.79. The molecule has 0 saturated carbocycles. The van der Waals surface area contributed by atoms with E-state index in [1.54, 1.807) is 30.2 Å². The molecule has 0 aromatic carbocycles. The van der Waals surface area contributed by atoms with Crippen molar-refractivity contribution in [2.75, 3.05) is 18.4 Å². The minimum atomic E-state index is -4.39. The Bertz CT molecular complexity index is 640. The number of halogens is 3. The summed E-state index contributed by atoms with van der Waals surface area (Å²) in [5.74, 6) is 0.238. The maximum absolute atomic E-state index is 12.4. The van der Waals surface area contributed by atoms with E-state index < -0.39 is 11.7 Å². The van der Waals surface area contributed by atoms with Crippen LogP contribution in [0.1, 0.15) is 24.9 Å². The zero-order chi connectivity index (χ0) is 17.6. The highest BCUT2D eigenvalue weighted by Crippen LogP contribution is 2.28. The fraction of sp³-hybridized carbons (Fsp3) is 0.400. The van der Waals surface area contributed by atoms with E-state index in [9.17, 15) is 18.0 Å². The minimum absolute atomic E-state index is 0.124. The first kappa shape index (κ1) is 17.8. The molecule has 0 spiro atoms. The van der Waals surface area contributed by atoms with Gasteiger partial charge in [0.25, 0.3) is 0 Å². The van der Waals surface area contributed by atoms with Gasteiger partial charge < -0.3 is 15.2 Å². The molecule has 0 fully saturated rings. The van der Waals surface area contributed by atoms with Gasteiger partial charge in [0.2, 0.25) is 5.91 Å². The molecule has 2 heterocycles. The van der Waals surface area contributed by atoms with Crippen LogP contribution in [0.4, 0.5) is 19.0 Å². The summed E-state index contributed by atoms with van der Waals surface area (Å²) >= 11 is 0. The van der Waals surface area contributed by atoms with Crippen molar-refractivity contribution in [3.05, 3.63) is 42.6 Å². The van der Waals surface area contributed by atoms with Crippen molar-refractivity contribution in [2.24, 2.45) is 0 Å². The fourth-order valence-corrected chi connectivity index (χ4v) is 1.96. The molecular weight excluding hydrogens is 323 g/mol. The van der Waals surface area contributed by atoms with E-state index in [0.717, 1.165) is 12.3 Å². The Hall–Kier alpha value is -2.58. The molecule has 2 aromatic rings. The number of nitrogens with zero attached hydrogens (tertiary/aromatic N) is 3. The topological polar surface area (TPSA) is 71.8 Å². The second kappa shape index (κ2) is 7.80. The van der Waals surface area contributed by atoms with Gasteiger partial charge in [0.1, 0.15) is 11.9 Å². The predicted octanol–water partition coefficient (Wildman–Crippen LogP) is 2.48. The van der Waals surface area contributed by atoms with Crippen molar-refractivity contribution in [2.45, 2.75) is 25.6 Å². The Labute approximate surface area is 137 Å². The highest BCUT2D eigenvalue weighted by Gasteiger charge is 2.30. The number of alkyl halides is 3. The molecule has 2 N–H and O–H groups in total. The van der Waals surface area contributed by atoms with Gasteiger partial charge in [-0.3, -0.25) is 4.79 Å². The van der Waals surface area contributed by atoms with Crippen molar-refractivity contribution in [3.63, 3.8) is 0 Å². The summed E-state index contributed by atoms with van der Waals surface area (Å²) in [6.45, 7) is 2.70. The van der Waals surface area contributed by atoms with E-state index >= 15 is 0 Å². The van der Waals surface area contributed by atoms with Crippen LogP contribution in [-0.2, 0) is 11.0 Å². The molecule has 9 heteroatoms. The molecule has 130 valence electrons. The van der Waals surface area contributed by atoms with E-state index in [-0.39, 0.29) is 11.9 Å². The van der Waals surface area contributed by atoms with E-state index in [0.29, 0.717) is 25.3 Å². The average Bonchev–Trinajstić information content (AvgIpc) is 3.07. The first-order chi connectivity index (χ1) is 11.4. The summed E-state index contributed by atoms with van der Waals surface area (Å²) in [5.41, 5.74) is -0.784. The van der Waals surface area contributed by atoms with Crippen LogP contribution in [0, 0.1) is 0 Å². The smallest absolute Gasteiger partial charge is 0.370 e. The van der Waals surface area contributed by atoms with Crippen LogP contribution >= 0.6 is 0 Å². The van der Waals surface area contributed by atoms with Crippen LogP contribution < -0.4 is 10.6 Å².